The van der Waals surface area contributed by atoms with Crippen molar-refractivity contribution in [1.82, 2.24) is 34.8 Å². The summed E-state index contributed by atoms with van der Waals surface area (Å²) in [5.74, 6) is 1.98. The first-order chi connectivity index (χ1) is 47.0. The van der Waals surface area contributed by atoms with Gasteiger partial charge in [0.2, 0.25) is 5.95 Å². The van der Waals surface area contributed by atoms with Crippen LogP contribution < -0.4 is 163 Å². The molecule has 98 heavy (non-hydrogen) atoms. The Morgan fingerprint density at radius 3 is 1.20 bits per heavy atom. The van der Waals surface area contributed by atoms with Crippen LogP contribution in [0.2, 0.25) is 0 Å². The van der Waals surface area contributed by atoms with E-state index in [2.05, 4.69) is 237 Å². The quantitative estimate of drug-likeness (QED) is 0.0322. The van der Waals surface area contributed by atoms with Gasteiger partial charge in [0.1, 0.15) is 46.0 Å². The number of hydrogen-bond donors (Lipinski definition) is 1. The van der Waals surface area contributed by atoms with Crippen LogP contribution in [0.1, 0.15) is 88.2 Å². The van der Waals surface area contributed by atoms with Gasteiger partial charge in [0.05, 0.1) is 41.6 Å². The number of ether oxygens (including phenoxy) is 4. The van der Waals surface area contributed by atoms with E-state index in [4.69, 9.17) is 44.2 Å². The molecule has 1 N–H and O–H groups in total. The predicted octanol–water partition coefficient (Wildman–Crippen LogP) is 8.61. The van der Waals surface area contributed by atoms with Crippen molar-refractivity contribution in [3.63, 3.8) is 0 Å². The molecule has 18 heteroatoms. The molecule has 16 rings (SSSR count). The maximum Gasteiger partial charge on any atom is 1.00 e. The summed E-state index contributed by atoms with van der Waals surface area (Å²) in [6, 6.07) is 83.2. The Hall–Kier alpha value is -6.26. The fourth-order valence-corrected chi connectivity index (χ4v) is 14.0. The fraction of sp³-hybridized carbons (Fsp3) is 0.237. The Morgan fingerprint density at radius 2 is 0.888 bits per heavy atom. The average Bonchev–Trinajstić information content (AvgIpc) is 1.65. The molecule has 0 saturated carbocycles. The zero-order chi connectivity index (χ0) is 66.0. The number of hydrogen-bond acceptors (Lipinski definition) is 13. The summed E-state index contributed by atoms with van der Waals surface area (Å²) in [6.45, 7) is 10.8. The van der Waals surface area contributed by atoms with Gasteiger partial charge >= 0.3 is 138 Å². The van der Waals surface area contributed by atoms with Gasteiger partial charge in [-0.3, -0.25) is 10.1 Å². The molecule has 0 amide bonds. The number of nitrogens with one attached hydrogen (secondary N) is 1. The second-order valence-electron chi connectivity index (χ2n) is 24.9. The number of morpholine rings is 1. The third-order valence-electron chi connectivity index (χ3n) is 17.9. The molecule has 4 atom stereocenters. The van der Waals surface area contributed by atoms with Crippen molar-refractivity contribution in [1.29, 1.82) is 0 Å². The van der Waals surface area contributed by atoms with Gasteiger partial charge in [0.15, 0.2) is 0 Å². The van der Waals surface area contributed by atoms with E-state index in [1.165, 1.54) is 25.1 Å². The van der Waals surface area contributed by atoms with Crippen molar-refractivity contribution in [2.24, 2.45) is 0 Å². The molecule has 8 heterocycles. The molecule has 0 radical (unpaired) electrons. The summed E-state index contributed by atoms with van der Waals surface area (Å²) >= 11 is 0. The van der Waals surface area contributed by atoms with E-state index in [1.54, 1.807) is 6.07 Å². The number of fused-ring (bicyclic) bond motifs is 6. The zero-order valence-corrected chi connectivity index (χ0v) is 68.7. The zero-order valence-electron chi connectivity index (χ0n) is 57.1. The fourth-order valence-electron chi connectivity index (χ4n) is 14.0. The van der Waals surface area contributed by atoms with Crippen LogP contribution in [0, 0.1) is 5.95 Å². The summed E-state index contributed by atoms with van der Waals surface area (Å²) in [5, 5.41) is 24.5. The van der Waals surface area contributed by atoms with Crippen LogP contribution >= 0.6 is 0 Å². The van der Waals surface area contributed by atoms with Gasteiger partial charge in [-0.1, -0.05) is 182 Å². The SMILES string of the molecule is C1C[C@H]2NC[C@@H]1O2.CC(C)Oc1ccc2c(c1)c(-c1ccnc(F)c1)nn2C(c1ccccc1)(c1ccccc1)c1ccccc1.CC(C)Oc1ccc2c(c1)c(-c1ccnc(N3CC4CCC(C3)O4)c1)nn2C(c1ccccc1)(c1ccccc1)c1ccccc1.O=CO[O-].[Cs+].[Cs+].[H-]. The van der Waals surface area contributed by atoms with Gasteiger partial charge in [-0.15, -0.1) is 0 Å². The maximum absolute atomic E-state index is 14.4. The van der Waals surface area contributed by atoms with Gasteiger partial charge in [-0.05, 0) is 141 Å². The number of carbonyl (C=O) groups excluding carboxylic acids is 1. The molecule has 4 fully saturated rings. The minimum absolute atomic E-state index is 0. The third kappa shape index (κ3) is 15.8. The number of rotatable bonds is 16. The molecule has 2 unspecified atom stereocenters. The van der Waals surface area contributed by atoms with Crippen molar-refractivity contribution >= 4 is 34.1 Å². The Labute approximate surface area is 690 Å². The van der Waals surface area contributed by atoms with Gasteiger partial charge in [0.25, 0.3) is 6.47 Å². The number of anilines is 1. The molecule has 4 aromatic heterocycles. The van der Waals surface area contributed by atoms with Crippen LogP contribution in [-0.2, 0) is 30.2 Å². The molecule has 488 valence electrons. The van der Waals surface area contributed by atoms with Crippen LogP contribution in [0.5, 0.6) is 11.5 Å². The van der Waals surface area contributed by atoms with Crippen molar-refractivity contribution in [3.8, 4) is 34.0 Å². The summed E-state index contributed by atoms with van der Waals surface area (Å²) in [5.41, 5.74) is 10.1. The first-order valence-electron chi connectivity index (χ1n) is 32.9. The van der Waals surface area contributed by atoms with Gasteiger partial charge in [-0.25, -0.2) is 19.3 Å². The molecule has 4 aliphatic rings. The molecule has 4 bridgehead atoms. The Kier molecular flexibility index (Phi) is 25.3. The first kappa shape index (κ1) is 73.0. The van der Waals surface area contributed by atoms with E-state index < -0.39 is 17.0 Å². The number of nitrogens with zero attached hydrogens (tertiary/aromatic N) is 7. The van der Waals surface area contributed by atoms with Gasteiger partial charge in [0, 0.05) is 60.0 Å². The number of halogens is 1. The number of benzene rings is 8. The number of pyridine rings is 2. The monoisotopic (exact) mass is 1550 g/mol. The van der Waals surface area contributed by atoms with Crippen molar-refractivity contribution < 1.29 is 177 Å². The van der Waals surface area contributed by atoms with E-state index in [9.17, 15) is 4.39 Å². The molecule has 0 spiro atoms. The minimum atomic E-state index is -0.813. The number of carbonyl (C=O) groups is 1. The summed E-state index contributed by atoms with van der Waals surface area (Å²) in [6.07, 6.45) is 9.74. The molecule has 15 nitrogen and oxygen atoms in total. The molecular formula is C80H77Cs2FN8O7. The van der Waals surface area contributed by atoms with Crippen LogP contribution in [0.25, 0.3) is 44.3 Å². The van der Waals surface area contributed by atoms with E-state index in [0.717, 1.165) is 116 Å². The molecule has 0 aliphatic carbocycles. The average molecular weight is 1550 g/mol. The van der Waals surface area contributed by atoms with Crippen molar-refractivity contribution in [3.05, 3.63) is 294 Å². The Morgan fingerprint density at radius 1 is 0.510 bits per heavy atom. The Balaban J connectivity index is 0.000000182. The normalized spacial score (nSPS) is 16.7. The first-order valence-corrected chi connectivity index (χ1v) is 32.9. The molecule has 12 aromatic rings. The van der Waals surface area contributed by atoms with Crippen LogP contribution in [0.15, 0.2) is 255 Å². The van der Waals surface area contributed by atoms with E-state index >= 15 is 0 Å². The second kappa shape index (κ2) is 33.9. The van der Waals surface area contributed by atoms with Crippen LogP contribution in [-0.4, -0.2) is 92.4 Å². The van der Waals surface area contributed by atoms with Gasteiger partial charge in [-0.2, -0.15) is 14.6 Å². The van der Waals surface area contributed by atoms with Gasteiger partial charge < -0.3 is 35.4 Å². The van der Waals surface area contributed by atoms with Crippen LogP contribution in [0.4, 0.5) is 10.2 Å². The minimum Gasteiger partial charge on any atom is -1.00 e. The number of piperidine rings is 1. The maximum atomic E-state index is 14.4. The summed E-state index contributed by atoms with van der Waals surface area (Å²) in [4.78, 5) is 22.2. The Bertz CT molecular complexity index is 4320. The summed E-state index contributed by atoms with van der Waals surface area (Å²) < 4.78 is 42.5. The van der Waals surface area contributed by atoms with Crippen molar-refractivity contribution in [2.75, 3.05) is 24.5 Å². The smallest absolute Gasteiger partial charge is 1.00 e. The molecule has 8 aromatic carbocycles. The largest absolute Gasteiger partial charge is 1.00 e. The topological polar surface area (TPSA) is 163 Å². The molecule has 4 aliphatic heterocycles. The van der Waals surface area contributed by atoms with Crippen molar-refractivity contribution in [2.45, 2.75) is 101 Å². The van der Waals surface area contributed by atoms with E-state index in [0.29, 0.717) is 23.6 Å². The standard InChI is InChI=1S/C40H38N4O2.C34H28FN3O.C5H9NO.CH2O3.2Cs.H/c1-28(2)45-33-20-21-37-36(25-33)39(29-22-23-41-38(24-29)43-26-34-18-19-35(27-43)46-34)42-44(37)40(30-12-6-3-7-13-30,31-14-8-4-9-15-31)32-16-10-5-11-17-32;1-24(2)39-29-18-19-31-30(23-29)33(25-20-21-36-32(35)22-25)37-38(31)34(26-12-6-3-7-13-26,27-14-8-4-9-15-27)28-16-10-5-11-17-28;1-2-5-6-3-4(1)7-5;2-1-4-3;;;/h3-17,20-25,28,34-35H,18-19,26-27H2,1-2H3;3-24H,1-2H3;4-6H,1-3H2;1,3H;;;/q;;;;2*+1;-1/p-1/t;;4-,5+;;;;/m..1..../s1. The second-order valence-corrected chi connectivity index (χ2v) is 24.9. The summed E-state index contributed by atoms with van der Waals surface area (Å²) in [7, 11) is 0. The van der Waals surface area contributed by atoms with E-state index in [1.807, 2.05) is 56.4 Å². The predicted molar refractivity (Wildman–Crippen MR) is 371 cm³/mol. The number of aromatic nitrogens is 6. The molecular weight excluding hydrogens is 1470 g/mol. The molecule has 4 saturated heterocycles. The van der Waals surface area contributed by atoms with E-state index in [-0.39, 0.29) is 170 Å². The van der Waals surface area contributed by atoms with Crippen LogP contribution in [0.3, 0.4) is 0 Å². The third-order valence-corrected chi connectivity index (χ3v) is 17.9.